The number of amides is 2. The van der Waals surface area contributed by atoms with E-state index in [0.29, 0.717) is 11.4 Å². The molecule has 1 aliphatic rings. The summed E-state index contributed by atoms with van der Waals surface area (Å²) in [5, 5.41) is 6.25. The number of ether oxygens (including phenoxy) is 4. The summed E-state index contributed by atoms with van der Waals surface area (Å²) in [6.07, 6.45) is -1.21. The van der Waals surface area contributed by atoms with Gasteiger partial charge < -0.3 is 34.5 Å². The van der Waals surface area contributed by atoms with Crippen LogP contribution in [-0.2, 0) is 14.3 Å². The lowest BCUT2D eigenvalue weighted by Crippen LogP contribution is -2.72. The minimum absolute atomic E-state index is 0.156. The summed E-state index contributed by atoms with van der Waals surface area (Å²) < 4.78 is 21.4. The summed E-state index contributed by atoms with van der Waals surface area (Å²) in [5.74, 6) is 1.26. The van der Waals surface area contributed by atoms with Gasteiger partial charge in [0.25, 0.3) is 5.91 Å². The van der Waals surface area contributed by atoms with E-state index in [1.54, 1.807) is 52.0 Å². The van der Waals surface area contributed by atoms with Crippen LogP contribution < -0.4 is 25.0 Å². The van der Waals surface area contributed by atoms with Gasteiger partial charge >= 0.3 is 6.09 Å². The van der Waals surface area contributed by atoms with Crippen LogP contribution in [0.1, 0.15) is 20.8 Å². The predicted octanol–water partition coefficient (Wildman–Crippen LogP) is 3.44. The lowest BCUT2D eigenvalue weighted by molar-refractivity contribution is -0.139. The third-order valence-corrected chi connectivity index (χ3v) is 5.41. The van der Waals surface area contributed by atoms with Gasteiger partial charge in [-0.1, -0.05) is 0 Å². The molecular weight excluding hydrogens is 438 g/mol. The molecule has 184 valence electrons. The minimum Gasteiger partial charge on any atom is -0.497 e. The van der Waals surface area contributed by atoms with Gasteiger partial charge in [0.15, 0.2) is 6.10 Å². The average Bonchev–Trinajstić information content (AvgIpc) is 2.80. The first-order valence-electron chi connectivity index (χ1n) is 11.0. The highest BCUT2D eigenvalue weighted by molar-refractivity contribution is 6.05. The van der Waals surface area contributed by atoms with Crippen molar-refractivity contribution in [2.24, 2.45) is 0 Å². The number of methoxy groups -OCH3 is 3. The van der Waals surface area contributed by atoms with Gasteiger partial charge in [0.2, 0.25) is 0 Å². The van der Waals surface area contributed by atoms with E-state index in [0.717, 1.165) is 11.4 Å². The monoisotopic (exact) mass is 471 g/mol. The quantitative estimate of drug-likeness (QED) is 0.541. The minimum atomic E-state index is -0.668. The molecule has 2 N–H and O–H groups in total. The molecule has 34 heavy (non-hydrogen) atoms. The molecule has 2 aromatic carbocycles. The van der Waals surface area contributed by atoms with Crippen LogP contribution >= 0.6 is 0 Å². The van der Waals surface area contributed by atoms with Crippen molar-refractivity contribution in [1.29, 1.82) is 0 Å². The summed E-state index contributed by atoms with van der Waals surface area (Å²) >= 11 is 0. The van der Waals surface area contributed by atoms with Gasteiger partial charge in [-0.15, -0.1) is 0 Å². The van der Waals surface area contributed by atoms with E-state index in [4.69, 9.17) is 18.9 Å². The summed E-state index contributed by atoms with van der Waals surface area (Å²) in [7, 11) is 4.70. The smallest absolute Gasteiger partial charge is 0.407 e. The second-order valence-electron chi connectivity index (χ2n) is 8.92. The van der Waals surface area contributed by atoms with Crippen molar-refractivity contribution in [3.8, 4) is 11.5 Å². The number of rotatable bonds is 9. The van der Waals surface area contributed by atoms with Crippen molar-refractivity contribution in [3.63, 3.8) is 0 Å². The molecule has 1 aliphatic heterocycles. The fourth-order valence-corrected chi connectivity index (χ4v) is 3.82. The third kappa shape index (κ3) is 5.91. The number of carbonyl (C=O) groups excluding carboxylic acids is 2. The molecule has 9 nitrogen and oxygen atoms in total. The number of anilines is 2. The highest BCUT2D eigenvalue weighted by atomic mass is 16.6. The molecule has 0 bridgehead atoms. The molecule has 0 aliphatic carbocycles. The van der Waals surface area contributed by atoms with Crippen molar-refractivity contribution >= 4 is 23.4 Å². The van der Waals surface area contributed by atoms with E-state index in [1.165, 1.54) is 7.11 Å². The average molecular weight is 472 g/mol. The molecule has 0 radical (unpaired) electrons. The van der Waals surface area contributed by atoms with Crippen LogP contribution in [0.3, 0.4) is 0 Å². The number of carbonyl (C=O) groups is 2. The Morgan fingerprint density at radius 1 is 0.971 bits per heavy atom. The van der Waals surface area contributed by atoms with Gasteiger partial charge in [-0.05, 0) is 69.3 Å². The Hall–Kier alpha value is -3.46. The largest absolute Gasteiger partial charge is 0.497 e. The molecule has 0 aromatic heterocycles. The number of benzene rings is 2. The zero-order valence-corrected chi connectivity index (χ0v) is 20.5. The van der Waals surface area contributed by atoms with Crippen LogP contribution in [0.15, 0.2) is 48.5 Å². The van der Waals surface area contributed by atoms with Crippen molar-refractivity contribution in [1.82, 2.24) is 5.32 Å². The number of nitrogens with zero attached hydrogens (tertiary/aromatic N) is 1. The van der Waals surface area contributed by atoms with E-state index in [-0.39, 0.29) is 24.5 Å². The first kappa shape index (κ1) is 25.2. The molecule has 1 saturated heterocycles. The Labute approximate surface area is 200 Å². The standard InChI is InChI=1S/C25H33N3O6/c1-25(2,3)34-24(30)26-15-20(27-16-7-11-18(31-4)12-8-16)21-22(33-6)23(29)28(21)17-9-13-19(32-5)14-10-17/h7-14,20-22,27H,15H2,1-6H3,(H,26,30)/t20-,21+,22-/m1/s1. The Kier molecular flexibility index (Phi) is 7.88. The van der Waals surface area contributed by atoms with Gasteiger partial charge in [-0.2, -0.15) is 0 Å². The van der Waals surface area contributed by atoms with Crippen molar-refractivity contribution in [3.05, 3.63) is 48.5 Å². The van der Waals surface area contributed by atoms with Gasteiger partial charge in [0.05, 0.1) is 26.3 Å². The molecule has 3 atom stereocenters. The maximum atomic E-state index is 12.9. The molecule has 0 saturated carbocycles. The molecule has 1 heterocycles. The summed E-state index contributed by atoms with van der Waals surface area (Å²) in [6.45, 7) is 5.61. The Morgan fingerprint density at radius 2 is 1.53 bits per heavy atom. The van der Waals surface area contributed by atoms with Gasteiger partial charge in [-0.3, -0.25) is 4.79 Å². The second-order valence-corrected chi connectivity index (χ2v) is 8.92. The van der Waals surface area contributed by atoms with E-state index in [1.807, 2.05) is 36.4 Å². The summed E-state index contributed by atoms with van der Waals surface area (Å²) in [6, 6.07) is 13.9. The van der Waals surface area contributed by atoms with Crippen molar-refractivity contribution in [2.45, 2.75) is 44.6 Å². The fraction of sp³-hybridized carbons (Fsp3) is 0.440. The molecule has 2 amide bonds. The predicted molar refractivity (Wildman–Crippen MR) is 130 cm³/mol. The molecule has 9 heteroatoms. The number of alkyl carbamates (subject to hydrolysis) is 1. The van der Waals surface area contributed by atoms with Crippen LogP contribution in [0.5, 0.6) is 11.5 Å². The van der Waals surface area contributed by atoms with Crippen LogP contribution in [0.2, 0.25) is 0 Å². The zero-order valence-electron chi connectivity index (χ0n) is 20.5. The van der Waals surface area contributed by atoms with E-state index in [2.05, 4.69) is 10.6 Å². The van der Waals surface area contributed by atoms with Crippen LogP contribution in [0.25, 0.3) is 0 Å². The number of hydrogen-bond acceptors (Lipinski definition) is 7. The SMILES string of the molecule is COc1ccc(N[C@H](CNC(=O)OC(C)(C)C)[C@H]2[C@@H](OC)C(=O)N2c2ccc(OC)cc2)cc1. The third-order valence-electron chi connectivity index (χ3n) is 5.41. The highest BCUT2D eigenvalue weighted by Gasteiger charge is 2.52. The lowest BCUT2D eigenvalue weighted by Gasteiger charge is -2.49. The zero-order chi connectivity index (χ0) is 24.9. The first-order chi connectivity index (χ1) is 16.2. The van der Waals surface area contributed by atoms with Gasteiger partial charge in [-0.25, -0.2) is 4.79 Å². The van der Waals surface area contributed by atoms with Crippen LogP contribution in [0, 0.1) is 0 Å². The van der Waals surface area contributed by atoms with Gasteiger partial charge in [0, 0.05) is 25.0 Å². The Morgan fingerprint density at radius 3 is 2.03 bits per heavy atom. The van der Waals surface area contributed by atoms with Crippen LogP contribution in [0.4, 0.5) is 16.2 Å². The normalized spacial score (nSPS) is 18.5. The lowest BCUT2D eigenvalue weighted by atomic mass is 9.89. The first-order valence-corrected chi connectivity index (χ1v) is 11.0. The molecule has 0 unspecified atom stereocenters. The highest BCUT2D eigenvalue weighted by Crippen LogP contribution is 2.34. The number of β-lactam (4-membered cyclic amide) rings is 1. The summed E-state index contributed by atoms with van der Waals surface area (Å²) in [5.41, 5.74) is 0.892. The van der Waals surface area contributed by atoms with Crippen molar-refractivity contribution < 1.29 is 28.5 Å². The van der Waals surface area contributed by atoms with Crippen LogP contribution in [-0.4, -0.2) is 63.7 Å². The van der Waals surface area contributed by atoms with Gasteiger partial charge in [0.1, 0.15) is 17.1 Å². The summed E-state index contributed by atoms with van der Waals surface area (Å²) in [4.78, 5) is 27.0. The second kappa shape index (κ2) is 10.6. The molecule has 0 spiro atoms. The molecule has 2 aromatic rings. The Balaban J connectivity index is 1.86. The molecule has 1 fully saturated rings. The Bertz CT molecular complexity index is 972. The molecular formula is C25H33N3O6. The maximum Gasteiger partial charge on any atom is 0.407 e. The fourth-order valence-electron chi connectivity index (χ4n) is 3.82. The van der Waals surface area contributed by atoms with E-state index < -0.39 is 17.8 Å². The number of hydrogen-bond donors (Lipinski definition) is 2. The maximum absolute atomic E-state index is 12.9. The van der Waals surface area contributed by atoms with Crippen molar-refractivity contribution in [2.75, 3.05) is 38.1 Å². The van der Waals surface area contributed by atoms with E-state index >= 15 is 0 Å². The van der Waals surface area contributed by atoms with E-state index in [9.17, 15) is 9.59 Å². The number of nitrogens with one attached hydrogen (secondary N) is 2. The molecule has 3 rings (SSSR count). The topological polar surface area (TPSA) is 98.4 Å².